The van der Waals surface area contributed by atoms with Gasteiger partial charge in [-0.2, -0.15) is 0 Å². The number of fused-ring (bicyclic) bond motifs is 1. The fourth-order valence-corrected chi connectivity index (χ4v) is 4.77. The normalized spacial score (nSPS) is 44.2. The Hall–Kier alpha value is -0.0800. The Bertz CT molecular complexity index is 289. The van der Waals surface area contributed by atoms with Crippen LogP contribution in [0, 0.1) is 23.2 Å². The van der Waals surface area contributed by atoms with Crippen molar-refractivity contribution in [2.45, 2.75) is 58.5 Å². The molecule has 18 heavy (non-hydrogen) atoms. The van der Waals surface area contributed by atoms with Crippen molar-refractivity contribution in [1.82, 2.24) is 4.90 Å². The quantitative estimate of drug-likeness (QED) is 0.815. The SMILES string of the molecule is CC1(C)CCCC(CN2CC3CCCC3C2)C1O. The van der Waals surface area contributed by atoms with Gasteiger partial charge < -0.3 is 10.0 Å². The minimum atomic E-state index is -0.0910. The lowest BCUT2D eigenvalue weighted by atomic mass is 9.69. The maximum absolute atomic E-state index is 10.5. The maximum Gasteiger partial charge on any atom is 0.0631 e. The summed E-state index contributed by atoms with van der Waals surface area (Å²) in [6.07, 6.45) is 8.01. The van der Waals surface area contributed by atoms with Crippen LogP contribution < -0.4 is 0 Å². The molecule has 2 heteroatoms. The van der Waals surface area contributed by atoms with Crippen LogP contribution in [0.3, 0.4) is 0 Å². The summed E-state index contributed by atoms with van der Waals surface area (Å²) in [6, 6.07) is 0. The van der Waals surface area contributed by atoms with Gasteiger partial charge in [-0.15, -0.1) is 0 Å². The molecule has 104 valence electrons. The van der Waals surface area contributed by atoms with E-state index in [1.54, 1.807) is 0 Å². The number of aliphatic hydroxyl groups excluding tert-OH is 1. The van der Waals surface area contributed by atoms with Crippen molar-refractivity contribution in [2.75, 3.05) is 19.6 Å². The molecule has 4 atom stereocenters. The molecular formula is C16H29NO. The summed E-state index contributed by atoms with van der Waals surface area (Å²) in [7, 11) is 0. The van der Waals surface area contributed by atoms with Gasteiger partial charge in [0.15, 0.2) is 0 Å². The predicted molar refractivity (Wildman–Crippen MR) is 74.4 cm³/mol. The molecular weight excluding hydrogens is 222 g/mol. The first-order valence-corrected chi connectivity index (χ1v) is 7.97. The molecule has 1 N–H and O–H groups in total. The number of aliphatic hydroxyl groups is 1. The van der Waals surface area contributed by atoms with Crippen LogP contribution in [0.5, 0.6) is 0 Å². The first-order valence-electron chi connectivity index (χ1n) is 7.97. The second kappa shape index (κ2) is 4.79. The van der Waals surface area contributed by atoms with E-state index in [0.29, 0.717) is 5.92 Å². The predicted octanol–water partition coefficient (Wildman–Crippen LogP) is 2.91. The van der Waals surface area contributed by atoms with E-state index >= 15 is 0 Å². The molecule has 0 aromatic rings. The Labute approximate surface area is 112 Å². The van der Waals surface area contributed by atoms with Gasteiger partial charge in [0.1, 0.15) is 0 Å². The number of rotatable bonds is 2. The van der Waals surface area contributed by atoms with Gasteiger partial charge in [-0.25, -0.2) is 0 Å². The van der Waals surface area contributed by atoms with Gasteiger partial charge >= 0.3 is 0 Å². The molecule has 0 aromatic heterocycles. The fraction of sp³-hybridized carbons (Fsp3) is 1.00. The molecule has 0 radical (unpaired) electrons. The van der Waals surface area contributed by atoms with Gasteiger partial charge in [-0.1, -0.05) is 26.7 Å². The van der Waals surface area contributed by atoms with E-state index in [4.69, 9.17) is 0 Å². The zero-order valence-electron chi connectivity index (χ0n) is 12.1. The standard InChI is InChI=1S/C16H29NO/c1-16(2)8-4-7-14(15(16)18)11-17-9-12-5-3-6-13(12)10-17/h12-15,18H,3-11H2,1-2H3. The van der Waals surface area contributed by atoms with Crippen molar-refractivity contribution in [3.05, 3.63) is 0 Å². The largest absolute Gasteiger partial charge is 0.392 e. The third-order valence-electron chi connectivity index (χ3n) is 5.94. The molecule has 2 saturated carbocycles. The Morgan fingerprint density at radius 1 is 1.06 bits per heavy atom. The van der Waals surface area contributed by atoms with Crippen molar-refractivity contribution < 1.29 is 5.11 Å². The Balaban J connectivity index is 1.57. The van der Waals surface area contributed by atoms with E-state index in [1.807, 2.05) is 0 Å². The van der Waals surface area contributed by atoms with Crippen LogP contribution >= 0.6 is 0 Å². The maximum atomic E-state index is 10.5. The molecule has 2 nitrogen and oxygen atoms in total. The smallest absolute Gasteiger partial charge is 0.0631 e. The monoisotopic (exact) mass is 251 g/mol. The molecule has 0 aromatic carbocycles. The van der Waals surface area contributed by atoms with E-state index in [-0.39, 0.29) is 11.5 Å². The molecule has 0 amide bonds. The molecule has 1 saturated heterocycles. The molecule has 3 aliphatic rings. The van der Waals surface area contributed by atoms with Crippen molar-refractivity contribution in [3.63, 3.8) is 0 Å². The van der Waals surface area contributed by atoms with Crippen LogP contribution in [-0.4, -0.2) is 35.7 Å². The highest BCUT2D eigenvalue weighted by Crippen LogP contribution is 2.42. The Morgan fingerprint density at radius 2 is 1.72 bits per heavy atom. The van der Waals surface area contributed by atoms with Crippen LogP contribution in [0.2, 0.25) is 0 Å². The van der Waals surface area contributed by atoms with Crippen LogP contribution in [0.4, 0.5) is 0 Å². The zero-order valence-corrected chi connectivity index (χ0v) is 12.1. The van der Waals surface area contributed by atoms with Gasteiger partial charge in [-0.05, 0) is 48.9 Å². The van der Waals surface area contributed by atoms with Crippen molar-refractivity contribution in [3.8, 4) is 0 Å². The summed E-state index contributed by atoms with van der Waals surface area (Å²) in [6.45, 7) is 8.26. The van der Waals surface area contributed by atoms with Gasteiger partial charge in [0.25, 0.3) is 0 Å². The summed E-state index contributed by atoms with van der Waals surface area (Å²) >= 11 is 0. The molecule has 4 unspecified atom stereocenters. The van der Waals surface area contributed by atoms with Gasteiger partial charge in [0.05, 0.1) is 6.10 Å². The Morgan fingerprint density at radius 3 is 2.39 bits per heavy atom. The van der Waals surface area contributed by atoms with Gasteiger partial charge in [-0.3, -0.25) is 0 Å². The minimum Gasteiger partial charge on any atom is -0.392 e. The third-order valence-corrected chi connectivity index (χ3v) is 5.94. The Kier molecular flexibility index (Phi) is 3.44. The number of nitrogens with zero attached hydrogens (tertiary/aromatic N) is 1. The molecule has 1 heterocycles. The highest BCUT2D eigenvalue weighted by molar-refractivity contribution is 4.93. The average molecular weight is 251 g/mol. The van der Waals surface area contributed by atoms with E-state index in [0.717, 1.165) is 18.4 Å². The first kappa shape index (κ1) is 12.9. The van der Waals surface area contributed by atoms with E-state index in [2.05, 4.69) is 18.7 Å². The van der Waals surface area contributed by atoms with Crippen LogP contribution in [0.1, 0.15) is 52.4 Å². The molecule has 3 fully saturated rings. The minimum absolute atomic E-state index is 0.0910. The fourth-order valence-electron chi connectivity index (χ4n) is 4.77. The number of hydrogen-bond acceptors (Lipinski definition) is 2. The molecule has 3 rings (SSSR count). The average Bonchev–Trinajstić information content (AvgIpc) is 2.85. The molecule has 1 aliphatic heterocycles. The number of likely N-dealkylation sites (tertiary alicyclic amines) is 1. The second-order valence-corrected chi connectivity index (χ2v) is 7.76. The summed E-state index contributed by atoms with van der Waals surface area (Å²) in [4.78, 5) is 2.66. The lowest BCUT2D eigenvalue weighted by molar-refractivity contribution is -0.0416. The van der Waals surface area contributed by atoms with Crippen LogP contribution in [0.25, 0.3) is 0 Å². The van der Waals surface area contributed by atoms with Crippen molar-refractivity contribution >= 4 is 0 Å². The van der Waals surface area contributed by atoms with Crippen molar-refractivity contribution in [2.24, 2.45) is 23.2 Å². The molecule has 0 bridgehead atoms. The summed E-state index contributed by atoms with van der Waals surface area (Å²) in [5.41, 5.74) is 0.137. The second-order valence-electron chi connectivity index (χ2n) is 7.76. The lowest BCUT2D eigenvalue weighted by Crippen LogP contribution is -2.44. The van der Waals surface area contributed by atoms with Crippen LogP contribution in [-0.2, 0) is 0 Å². The lowest BCUT2D eigenvalue weighted by Gasteiger charge is -2.42. The van der Waals surface area contributed by atoms with Gasteiger partial charge in [0, 0.05) is 19.6 Å². The van der Waals surface area contributed by atoms with E-state index < -0.39 is 0 Å². The van der Waals surface area contributed by atoms with Crippen molar-refractivity contribution in [1.29, 1.82) is 0 Å². The highest BCUT2D eigenvalue weighted by Gasteiger charge is 2.41. The topological polar surface area (TPSA) is 23.5 Å². The number of hydrogen-bond donors (Lipinski definition) is 1. The van der Waals surface area contributed by atoms with Crippen LogP contribution in [0.15, 0.2) is 0 Å². The zero-order chi connectivity index (χ0) is 12.8. The first-order chi connectivity index (χ1) is 8.56. The van der Waals surface area contributed by atoms with Gasteiger partial charge in [0.2, 0.25) is 0 Å². The molecule has 0 spiro atoms. The molecule has 2 aliphatic carbocycles. The van der Waals surface area contributed by atoms with E-state index in [1.165, 1.54) is 51.6 Å². The third kappa shape index (κ3) is 2.34. The summed E-state index contributed by atoms with van der Waals surface area (Å²) < 4.78 is 0. The summed E-state index contributed by atoms with van der Waals surface area (Å²) in [5.74, 6) is 2.49. The highest BCUT2D eigenvalue weighted by atomic mass is 16.3. The van der Waals surface area contributed by atoms with E-state index in [9.17, 15) is 5.11 Å². The summed E-state index contributed by atoms with van der Waals surface area (Å²) in [5, 5.41) is 10.5.